The summed E-state index contributed by atoms with van der Waals surface area (Å²) in [6, 6.07) is 15.4. The van der Waals surface area contributed by atoms with E-state index in [0.29, 0.717) is 22.1 Å². The van der Waals surface area contributed by atoms with Crippen LogP contribution in [0.15, 0.2) is 47.8 Å². The molecule has 2 aromatic heterocycles. The molecule has 31 heavy (non-hydrogen) atoms. The van der Waals surface area contributed by atoms with Gasteiger partial charge in [0.25, 0.3) is 0 Å². The van der Waals surface area contributed by atoms with Crippen LogP contribution >= 0.6 is 22.9 Å². The largest absolute Gasteiger partial charge is 0.476 e. The van der Waals surface area contributed by atoms with Crippen molar-refractivity contribution in [2.75, 3.05) is 0 Å². The summed E-state index contributed by atoms with van der Waals surface area (Å²) in [6.45, 7) is 4.56. The maximum Gasteiger partial charge on any atom is 0.355 e. The Kier molecular flexibility index (Phi) is 5.59. The zero-order valence-corrected chi connectivity index (χ0v) is 18.3. The molecular formula is C23H17ClN4O2S. The van der Waals surface area contributed by atoms with Gasteiger partial charge in [0.2, 0.25) is 0 Å². The molecule has 4 rings (SSSR count). The van der Waals surface area contributed by atoms with Crippen LogP contribution in [0.1, 0.15) is 33.0 Å². The highest BCUT2D eigenvalue weighted by Gasteiger charge is 2.15. The standard InChI is InChI=1S/C23H17ClN4O2S/c1-13-21(17-7-8-18(10-25)19(24)9-17)14(2)28(27-13)11-15-3-5-16(6-4-15)22-26-20(12-31-22)23(29)30/h3-9,12H,11H2,1-2H3,(H,29,30). The van der Waals surface area contributed by atoms with Gasteiger partial charge in [0.15, 0.2) is 5.69 Å². The second-order valence-corrected chi connectivity index (χ2v) is 8.32. The first-order valence-electron chi connectivity index (χ1n) is 9.39. The van der Waals surface area contributed by atoms with Gasteiger partial charge in [-0.15, -0.1) is 11.3 Å². The molecule has 6 nitrogen and oxygen atoms in total. The summed E-state index contributed by atoms with van der Waals surface area (Å²) in [5.74, 6) is -1.02. The van der Waals surface area contributed by atoms with Gasteiger partial charge in [-0.05, 0) is 37.1 Å². The van der Waals surface area contributed by atoms with Gasteiger partial charge in [-0.2, -0.15) is 10.4 Å². The molecule has 0 aliphatic heterocycles. The topological polar surface area (TPSA) is 91.8 Å². The summed E-state index contributed by atoms with van der Waals surface area (Å²) in [4.78, 5) is 15.2. The molecule has 0 fully saturated rings. The zero-order chi connectivity index (χ0) is 22.1. The van der Waals surface area contributed by atoms with Crippen LogP contribution in [-0.2, 0) is 6.54 Å². The van der Waals surface area contributed by atoms with Gasteiger partial charge in [0, 0.05) is 22.2 Å². The van der Waals surface area contributed by atoms with E-state index in [9.17, 15) is 4.79 Å². The van der Waals surface area contributed by atoms with Crippen molar-refractivity contribution in [1.82, 2.24) is 14.8 Å². The third-order valence-electron chi connectivity index (χ3n) is 5.02. The molecule has 0 aliphatic rings. The van der Waals surface area contributed by atoms with Crippen molar-refractivity contribution in [3.63, 3.8) is 0 Å². The molecule has 2 aromatic carbocycles. The first-order chi connectivity index (χ1) is 14.9. The van der Waals surface area contributed by atoms with Gasteiger partial charge in [-0.3, -0.25) is 4.68 Å². The van der Waals surface area contributed by atoms with Crippen molar-refractivity contribution in [3.05, 3.63) is 81.1 Å². The maximum absolute atomic E-state index is 11.0. The number of hydrogen-bond donors (Lipinski definition) is 1. The summed E-state index contributed by atoms with van der Waals surface area (Å²) in [7, 11) is 0. The number of nitrogens with zero attached hydrogens (tertiary/aromatic N) is 4. The zero-order valence-electron chi connectivity index (χ0n) is 16.8. The SMILES string of the molecule is Cc1nn(Cc2ccc(-c3nc(C(=O)O)cs3)cc2)c(C)c1-c1ccc(C#N)c(Cl)c1. The number of benzene rings is 2. The molecule has 0 saturated heterocycles. The van der Waals surface area contributed by atoms with Gasteiger partial charge >= 0.3 is 5.97 Å². The third-order valence-corrected chi connectivity index (χ3v) is 6.22. The van der Waals surface area contributed by atoms with Crippen molar-refractivity contribution >= 4 is 28.9 Å². The molecule has 4 aromatic rings. The van der Waals surface area contributed by atoms with Gasteiger partial charge in [-0.1, -0.05) is 41.9 Å². The summed E-state index contributed by atoms with van der Waals surface area (Å²) >= 11 is 7.53. The first-order valence-corrected chi connectivity index (χ1v) is 10.7. The minimum Gasteiger partial charge on any atom is -0.476 e. The van der Waals surface area contributed by atoms with Crippen LogP contribution in [0.3, 0.4) is 0 Å². The van der Waals surface area contributed by atoms with E-state index in [1.54, 1.807) is 17.5 Å². The Bertz CT molecular complexity index is 1330. The Morgan fingerprint density at radius 2 is 1.90 bits per heavy atom. The van der Waals surface area contributed by atoms with Crippen LogP contribution in [0.5, 0.6) is 0 Å². The van der Waals surface area contributed by atoms with Crippen molar-refractivity contribution in [2.24, 2.45) is 0 Å². The van der Waals surface area contributed by atoms with Gasteiger partial charge in [-0.25, -0.2) is 9.78 Å². The van der Waals surface area contributed by atoms with E-state index in [-0.39, 0.29) is 5.69 Å². The monoisotopic (exact) mass is 448 g/mol. The van der Waals surface area contributed by atoms with E-state index in [0.717, 1.165) is 33.6 Å². The van der Waals surface area contributed by atoms with Crippen LogP contribution in [0.25, 0.3) is 21.7 Å². The van der Waals surface area contributed by atoms with Gasteiger partial charge in [0.05, 0.1) is 22.8 Å². The minimum atomic E-state index is -1.02. The molecule has 0 bridgehead atoms. The van der Waals surface area contributed by atoms with E-state index in [4.69, 9.17) is 27.1 Å². The number of thiazole rings is 1. The summed E-state index contributed by atoms with van der Waals surface area (Å²) < 4.78 is 1.94. The minimum absolute atomic E-state index is 0.0575. The van der Waals surface area contributed by atoms with Crippen LogP contribution in [0.2, 0.25) is 5.02 Å². The number of carboxylic acids is 1. The van der Waals surface area contributed by atoms with Gasteiger partial charge < -0.3 is 5.11 Å². The summed E-state index contributed by atoms with van der Waals surface area (Å²) in [5.41, 5.74) is 6.28. The molecule has 0 saturated carbocycles. The molecular weight excluding hydrogens is 432 g/mol. The van der Waals surface area contributed by atoms with Crippen LogP contribution in [0, 0.1) is 25.2 Å². The Balaban J connectivity index is 1.59. The quantitative estimate of drug-likeness (QED) is 0.431. The van der Waals surface area contributed by atoms with Gasteiger partial charge in [0.1, 0.15) is 11.1 Å². The molecule has 8 heteroatoms. The van der Waals surface area contributed by atoms with E-state index in [2.05, 4.69) is 11.1 Å². The van der Waals surface area contributed by atoms with Crippen LogP contribution in [-0.4, -0.2) is 25.8 Å². The molecule has 1 N–H and O–H groups in total. The number of carbonyl (C=O) groups is 1. The molecule has 0 atom stereocenters. The van der Waals surface area contributed by atoms with E-state index in [1.165, 1.54) is 11.3 Å². The highest BCUT2D eigenvalue weighted by Crippen LogP contribution is 2.31. The molecule has 0 aliphatic carbocycles. The van der Waals surface area contributed by atoms with Crippen LogP contribution < -0.4 is 0 Å². The molecule has 154 valence electrons. The molecule has 0 radical (unpaired) electrons. The Morgan fingerprint density at radius 3 is 2.52 bits per heavy atom. The average molecular weight is 449 g/mol. The predicted octanol–water partition coefficient (Wildman–Crippen LogP) is 5.56. The lowest BCUT2D eigenvalue weighted by atomic mass is 10.0. The number of aromatic carboxylic acids is 1. The molecule has 0 unspecified atom stereocenters. The molecule has 2 heterocycles. The lowest BCUT2D eigenvalue weighted by Gasteiger charge is -2.07. The normalized spacial score (nSPS) is 10.8. The fourth-order valence-corrected chi connectivity index (χ4v) is 4.48. The number of carboxylic acid groups (broad SMARTS) is 1. The third kappa shape index (κ3) is 4.08. The number of aromatic nitrogens is 3. The van der Waals surface area contributed by atoms with E-state index < -0.39 is 5.97 Å². The van der Waals surface area contributed by atoms with Crippen molar-refractivity contribution in [1.29, 1.82) is 5.26 Å². The summed E-state index contributed by atoms with van der Waals surface area (Å²) in [6.07, 6.45) is 0. The van der Waals surface area contributed by atoms with Crippen molar-refractivity contribution < 1.29 is 9.90 Å². The number of hydrogen-bond acceptors (Lipinski definition) is 5. The number of aryl methyl sites for hydroxylation is 1. The lowest BCUT2D eigenvalue weighted by molar-refractivity contribution is 0.0691. The maximum atomic E-state index is 11.0. The second kappa shape index (κ2) is 8.34. The number of halogens is 1. The van der Waals surface area contributed by atoms with E-state index in [1.807, 2.05) is 48.9 Å². The predicted molar refractivity (Wildman–Crippen MR) is 120 cm³/mol. The Labute approximate surface area is 188 Å². The fourth-order valence-electron chi connectivity index (χ4n) is 3.46. The highest BCUT2D eigenvalue weighted by atomic mass is 35.5. The van der Waals surface area contributed by atoms with Crippen molar-refractivity contribution in [2.45, 2.75) is 20.4 Å². The molecule has 0 amide bonds. The lowest BCUT2D eigenvalue weighted by Crippen LogP contribution is -2.04. The van der Waals surface area contributed by atoms with Crippen LogP contribution in [0.4, 0.5) is 0 Å². The van der Waals surface area contributed by atoms with E-state index >= 15 is 0 Å². The highest BCUT2D eigenvalue weighted by molar-refractivity contribution is 7.13. The van der Waals surface area contributed by atoms with Crippen molar-refractivity contribution in [3.8, 4) is 27.8 Å². The Morgan fingerprint density at radius 1 is 1.19 bits per heavy atom. The first kappa shape index (κ1) is 20.8. The second-order valence-electron chi connectivity index (χ2n) is 7.05. The number of nitriles is 1. The number of rotatable bonds is 5. The summed E-state index contributed by atoms with van der Waals surface area (Å²) in [5, 5.41) is 25.5. The Hall–Kier alpha value is -3.47. The smallest absolute Gasteiger partial charge is 0.355 e. The average Bonchev–Trinajstić information content (AvgIpc) is 3.34. The fraction of sp³-hybridized carbons (Fsp3) is 0.130. The molecule has 0 spiro atoms.